The average Bonchev–Trinajstić information content (AvgIpc) is 2.73. The molecular formula is C21H19N3OS2. The third kappa shape index (κ3) is 3.80. The van der Waals surface area contributed by atoms with Crippen molar-refractivity contribution in [2.45, 2.75) is 24.0 Å². The minimum Gasteiger partial charge on any atom is -0.267 e. The molecule has 0 aliphatic heterocycles. The SMILES string of the molecule is CCc1ccc(-n2c(-c3ccc(SC)cc3)nc(CS)c(C#N)c2=O)cc1. The van der Waals surface area contributed by atoms with Crippen molar-refractivity contribution in [2.24, 2.45) is 0 Å². The molecule has 4 nitrogen and oxygen atoms in total. The summed E-state index contributed by atoms with van der Waals surface area (Å²) in [6.45, 7) is 2.08. The summed E-state index contributed by atoms with van der Waals surface area (Å²) in [5, 5.41) is 9.47. The molecule has 0 atom stereocenters. The summed E-state index contributed by atoms with van der Waals surface area (Å²) in [5.74, 6) is 0.740. The number of thioether (sulfide) groups is 1. The lowest BCUT2D eigenvalue weighted by Gasteiger charge is -2.15. The van der Waals surface area contributed by atoms with Crippen LogP contribution in [0.5, 0.6) is 0 Å². The zero-order valence-electron chi connectivity index (χ0n) is 15.1. The van der Waals surface area contributed by atoms with Gasteiger partial charge in [-0.3, -0.25) is 9.36 Å². The zero-order chi connectivity index (χ0) is 19.4. The van der Waals surface area contributed by atoms with Crippen LogP contribution in [-0.4, -0.2) is 15.8 Å². The molecule has 0 saturated heterocycles. The highest BCUT2D eigenvalue weighted by atomic mass is 32.2. The van der Waals surface area contributed by atoms with E-state index in [0.717, 1.165) is 16.9 Å². The van der Waals surface area contributed by atoms with Gasteiger partial charge in [0.2, 0.25) is 0 Å². The molecule has 0 aliphatic rings. The number of hydrogen-bond donors (Lipinski definition) is 1. The van der Waals surface area contributed by atoms with Gasteiger partial charge in [0.15, 0.2) is 0 Å². The maximum Gasteiger partial charge on any atom is 0.276 e. The Bertz CT molecular complexity index is 1050. The summed E-state index contributed by atoms with van der Waals surface area (Å²) >= 11 is 5.90. The van der Waals surface area contributed by atoms with Gasteiger partial charge in [0.05, 0.1) is 11.4 Å². The van der Waals surface area contributed by atoms with Crippen molar-refractivity contribution in [3.05, 3.63) is 75.7 Å². The fourth-order valence-electron chi connectivity index (χ4n) is 2.85. The first-order valence-electron chi connectivity index (χ1n) is 8.53. The van der Waals surface area contributed by atoms with Crippen LogP contribution in [0.15, 0.2) is 58.2 Å². The Morgan fingerprint density at radius 1 is 1.15 bits per heavy atom. The quantitative estimate of drug-likeness (QED) is 0.513. The number of nitrogens with zero attached hydrogens (tertiary/aromatic N) is 3. The molecule has 0 bridgehead atoms. The molecule has 0 saturated carbocycles. The summed E-state index contributed by atoms with van der Waals surface area (Å²) in [6, 6.07) is 17.6. The van der Waals surface area contributed by atoms with Crippen LogP contribution in [0.25, 0.3) is 17.1 Å². The summed E-state index contributed by atoms with van der Waals surface area (Å²) in [7, 11) is 0. The maximum atomic E-state index is 13.1. The van der Waals surface area contributed by atoms with Crippen molar-refractivity contribution in [3.63, 3.8) is 0 Å². The van der Waals surface area contributed by atoms with Crippen LogP contribution in [0.2, 0.25) is 0 Å². The van der Waals surface area contributed by atoms with Crippen molar-refractivity contribution in [2.75, 3.05) is 6.26 Å². The van der Waals surface area contributed by atoms with E-state index in [4.69, 9.17) is 0 Å². The molecule has 27 heavy (non-hydrogen) atoms. The van der Waals surface area contributed by atoms with Crippen molar-refractivity contribution in [3.8, 4) is 23.1 Å². The van der Waals surface area contributed by atoms with E-state index in [-0.39, 0.29) is 16.9 Å². The summed E-state index contributed by atoms with van der Waals surface area (Å²) in [6.07, 6.45) is 2.93. The predicted octanol–water partition coefficient (Wildman–Crippen LogP) is 4.49. The molecule has 0 amide bonds. The van der Waals surface area contributed by atoms with E-state index < -0.39 is 0 Å². The second kappa shape index (κ2) is 8.47. The molecule has 0 radical (unpaired) electrons. The third-order valence-electron chi connectivity index (χ3n) is 4.37. The minimum atomic E-state index is -0.371. The van der Waals surface area contributed by atoms with Crippen molar-refractivity contribution in [1.29, 1.82) is 5.26 Å². The van der Waals surface area contributed by atoms with E-state index in [2.05, 4.69) is 24.5 Å². The zero-order valence-corrected chi connectivity index (χ0v) is 16.8. The van der Waals surface area contributed by atoms with E-state index in [1.807, 2.05) is 60.9 Å². The number of rotatable bonds is 5. The first-order valence-corrected chi connectivity index (χ1v) is 10.4. The summed E-state index contributed by atoms with van der Waals surface area (Å²) < 4.78 is 1.51. The Morgan fingerprint density at radius 3 is 2.33 bits per heavy atom. The van der Waals surface area contributed by atoms with Crippen molar-refractivity contribution < 1.29 is 0 Å². The summed E-state index contributed by atoms with van der Waals surface area (Å²) in [4.78, 5) is 18.9. The van der Waals surface area contributed by atoms with E-state index in [9.17, 15) is 10.1 Å². The molecule has 0 spiro atoms. The lowest BCUT2D eigenvalue weighted by Crippen LogP contribution is -2.26. The minimum absolute atomic E-state index is 0.0362. The lowest BCUT2D eigenvalue weighted by molar-refractivity contribution is 0.915. The molecule has 1 heterocycles. The standard InChI is InChI=1S/C21H19N3OS2/c1-3-14-4-8-16(9-5-14)24-20(15-6-10-17(27-2)11-7-15)23-19(13-26)18(12-22)21(24)25/h4-11,26H,3,13H2,1-2H3. The van der Waals surface area contributed by atoms with Crippen LogP contribution in [-0.2, 0) is 12.2 Å². The number of benzene rings is 2. The highest BCUT2D eigenvalue weighted by molar-refractivity contribution is 7.98. The van der Waals surface area contributed by atoms with Crippen LogP contribution < -0.4 is 5.56 Å². The molecule has 2 aromatic carbocycles. The summed E-state index contributed by atoms with van der Waals surface area (Å²) in [5.41, 5.74) is 2.75. The lowest BCUT2D eigenvalue weighted by atomic mass is 10.1. The first-order chi connectivity index (χ1) is 13.1. The van der Waals surface area contributed by atoms with Crippen LogP contribution in [0.1, 0.15) is 23.7 Å². The molecule has 0 aliphatic carbocycles. The Hall–Kier alpha value is -2.49. The monoisotopic (exact) mass is 393 g/mol. The number of nitriles is 1. The van der Waals surface area contributed by atoms with E-state index in [1.54, 1.807) is 11.8 Å². The fourth-order valence-corrected chi connectivity index (χ4v) is 3.48. The van der Waals surface area contributed by atoms with Gasteiger partial charge in [-0.2, -0.15) is 17.9 Å². The highest BCUT2D eigenvalue weighted by Crippen LogP contribution is 2.24. The van der Waals surface area contributed by atoms with Gasteiger partial charge in [0.25, 0.3) is 5.56 Å². The Morgan fingerprint density at radius 2 is 1.81 bits per heavy atom. The second-order valence-electron chi connectivity index (χ2n) is 5.92. The van der Waals surface area contributed by atoms with Gasteiger partial charge in [-0.1, -0.05) is 31.2 Å². The smallest absolute Gasteiger partial charge is 0.267 e. The number of aryl methyl sites for hydroxylation is 1. The Labute approximate surface area is 168 Å². The number of aromatic nitrogens is 2. The van der Waals surface area contributed by atoms with Crippen LogP contribution in [0, 0.1) is 11.3 Å². The molecule has 3 aromatic rings. The average molecular weight is 394 g/mol. The highest BCUT2D eigenvalue weighted by Gasteiger charge is 2.18. The molecule has 1 aromatic heterocycles. The first kappa shape index (κ1) is 19.3. The van der Waals surface area contributed by atoms with E-state index >= 15 is 0 Å². The predicted molar refractivity (Wildman–Crippen MR) is 114 cm³/mol. The van der Waals surface area contributed by atoms with Crippen LogP contribution in [0.4, 0.5) is 0 Å². The fraction of sp³-hybridized carbons (Fsp3) is 0.190. The van der Waals surface area contributed by atoms with Gasteiger partial charge in [-0.25, -0.2) is 4.98 Å². The molecule has 0 fully saturated rings. The van der Waals surface area contributed by atoms with Gasteiger partial charge in [0.1, 0.15) is 17.5 Å². The van der Waals surface area contributed by atoms with E-state index in [0.29, 0.717) is 17.2 Å². The third-order valence-corrected chi connectivity index (χ3v) is 5.41. The van der Waals surface area contributed by atoms with Gasteiger partial charge >= 0.3 is 0 Å². The Kier molecular flexibility index (Phi) is 6.04. The molecule has 0 N–H and O–H groups in total. The number of thiol groups is 1. The molecule has 6 heteroatoms. The normalized spacial score (nSPS) is 10.6. The topological polar surface area (TPSA) is 58.7 Å². The van der Waals surface area contributed by atoms with Gasteiger partial charge < -0.3 is 0 Å². The van der Waals surface area contributed by atoms with Crippen molar-refractivity contribution >= 4 is 24.4 Å². The van der Waals surface area contributed by atoms with E-state index in [1.165, 1.54) is 10.1 Å². The second-order valence-corrected chi connectivity index (χ2v) is 7.11. The van der Waals surface area contributed by atoms with Gasteiger partial charge in [0, 0.05) is 16.2 Å². The molecule has 0 unspecified atom stereocenters. The van der Waals surface area contributed by atoms with Crippen LogP contribution in [0.3, 0.4) is 0 Å². The van der Waals surface area contributed by atoms with Gasteiger partial charge in [-0.15, -0.1) is 11.8 Å². The number of hydrogen-bond acceptors (Lipinski definition) is 5. The molecule has 136 valence electrons. The maximum absolute atomic E-state index is 13.1. The van der Waals surface area contributed by atoms with Crippen LogP contribution >= 0.6 is 24.4 Å². The molecular weight excluding hydrogens is 374 g/mol. The van der Waals surface area contributed by atoms with Crippen molar-refractivity contribution in [1.82, 2.24) is 9.55 Å². The van der Waals surface area contributed by atoms with Gasteiger partial charge in [-0.05, 0) is 42.5 Å². The largest absolute Gasteiger partial charge is 0.276 e. The Balaban J connectivity index is 2.30. The molecule has 3 rings (SSSR count).